The van der Waals surface area contributed by atoms with Gasteiger partial charge in [-0.15, -0.1) is 0 Å². The minimum atomic E-state index is 0.355. The molecule has 6 heteroatoms. The molecule has 2 aliphatic heterocycles. The number of nitrogens with zero attached hydrogens (tertiary/aromatic N) is 3. The van der Waals surface area contributed by atoms with Crippen LogP contribution < -0.4 is 20.3 Å². The molecule has 2 aromatic heterocycles. The fraction of sp³-hybridized carbons (Fsp3) is 0.474. The molecule has 0 saturated heterocycles. The fourth-order valence-electron chi connectivity index (χ4n) is 3.54. The van der Waals surface area contributed by atoms with Crippen LogP contribution in [0.3, 0.4) is 0 Å². The highest BCUT2D eigenvalue weighted by atomic mass is 16.5. The number of pyridine rings is 2. The molecular weight excluding hydrogens is 314 g/mol. The van der Waals surface area contributed by atoms with Crippen LogP contribution in [-0.2, 0) is 6.42 Å². The molecule has 0 fully saturated rings. The molecule has 6 nitrogen and oxygen atoms in total. The quantitative estimate of drug-likeness (QED) is 0.893. The van der Waals surface area contributed by atoms with E-state index in [2.05, 4.69) is 45.4 Å². The molecule has 0 spiro atoms. The summed E-state index contributed by atoms with van der Waals surface area (Å²) in [5, 5.41) is 6.92. The lowest BCUT2D eigenvalue weighted by Gasteiger charge is -2.33. The Hall–Kier alpha value is -2.50. The van der Waals surface area contributed by atoms with Crippen LogP contribution in [0.4, 0.5) is 17.1 Å². The summed E-state index contributed by atoms with van der Waals surface area (Å²) < 4.78 is 5.95. The Balaban J connectivity index is 1.55. The predicted molar refractivity (Wildman–Crippen MR) is 101 cm³/mol. The van der Waals surface area contributed by atoms with Crippen LogP contribution in [0, 0.1) is 0 Å². The van der Waals surface area contributed by atoms with E-state index in [0.29, 0.717) is 12.5 Å². The second kappa shape index (κ2) is 6.78. The summed E-state index contributed by atoms with van der Waals surface area (Å²) in [5.41, 5.74) is 5.63. The number of aromatic nitrogens is 2. The molecule has 2 N–H and O–H groups in total. The number of hydrogen-bond donors (Lipinski definition) is 2. The Morgan fingerprint density at radius 1 is 1.16 bits per heavy atom. The van der Waals surface area contributed by atoms with Gasteiger partial charge in [0.25, 0.3) is 0 Å². The first-order chi connectivity index (χ1) is 12.2. The maximum absolute atomic E-state index is 5.95. The topological polar surface area (TPSA) is 62.3 Å². The van der Waals surface area contributed by atoms with E-state index in [1.807, 2.05) is 18.5 Å². The fourth-order valence-corrected chi connectivity index (χ4v) is 3.54. The highest BCUT2D eigenvalue weighted by molar-refractivity contribution is 5.72. The van der Waals surface area contributed by atoms with Crippen molar-refractivity contribution in [1.29, 1.82) is 0 Å². The van der Waals surface area contributed by atoms with Crippen molar-refractivity contribution in [2.45, 2.75) is 26.2 Å². The Kier molecular flexibility index (Phi) is 4.34. The van der Waals surface area contributed by atoms with Gasteiger partial charge in [0.1, 0.15) is 6.61 Å². The molecule has 0 saturated carbocycles. The normalized spacial score (nSPS) is 15.7. The molecule has 0 bridgehead atoms. The minimum Gasteiger partial charge on any atom is -0.488 e. The van der Waals surface area contributed by atoms with Gasteiger partial charge in [0.05, 0.1) is 35.0 Å². The van der Waals surface area contributed by atoms with Crippen LogP contribution in [-0.4, -0.2) is 42.8 Å². The van der Waals surface area contributed by atoms with Crippen molar-refractivity contribution in [3.05, 3.63) is 35.9 Å². The molecule has 4 rings (SSSR count). The summed E-state index contributed by atoms with van der Waals surface area (Å²) >= 11 is 0. The van der Waals surface area contributed by atoms with Crippen molar-refractivity contribution in [3.63, 3.8) is 0 Å². The van der Waals surface area contributed by atoms with Crippen LogP contribution in [0.1, 0.15) is 31.2 Å². The van der Waals surface area contributed by atoms with Crippen molar-refractivity contribution in [3.8, 4) is 5.75 Å². The average molecular weight is 339 g/mol. The zero-order chi connectivity index (χ0) is 17.2. The molecule has 2 aliphatic rings. The van der Waals surface area contributed by atoms with Crippen LogP contribution in [0.15, 0.2) is 24.5 Å². The van der Waals surface area contributed by atoms with Gasteiger partial charge in [0.15, 0.2) is 5.75 Å². The third-order valence-electron chi connectivity index (χ3n) is 4.80. The third-order valence-corrected chi connectivity index (χ3v) is 4.80. The Labute approximate surface area is 148 Å². The SMILES string of the molecule is CC(C)c1nccc2c1OCCN2CCc1nccc2c1NCCN2. The number of nitrogens with one attached hydrogen (secondary N) is 2. The molecule has 0 aliphatic carbocycles. The second-order valence-electron chi connectivity index (χ2n) is 6.82. The van der Waals surface area contributed by atoms with Crippen LogP contribution >= 0.6 is 0 Å². The van der Waals surface area contributed by atoms with E-state index in [0.717, 1.165) is 66.8 Å². The van der Waals surface area contributed by atoms with E-state index in [9.17, 15) is 0 Å². The lowest BCUT2D eigenvalue weighted by molar-refractivity contribution is 0.301. The number of fused-ring (bicyclic) bond motifs is 2. The standard InChI is InChI=1S/C19H25N5O/c1-13(2)17-19-16(4-7-22-17)24(11-12-25-19)10-5-15-18-14(3-6-20-15)21-8-9-23-18/h3-4,6-7,13,21,23H,5,8-12H2,1-2H3. The van der Waals surface area contributed by atoms with E-state index in [4.69, 9.17) is 4.74 Å². The van der Waals surface area contributed by atoms with Gasteiger partial charge < -0.3 is 20.3 Å². The van der Waals surface area contributed by atoms with Gasteiger partial charge in [-0.3, -0.25) is 9.97 Å². The van der Waals surface area contributed by atoms with E-state index in [1.54, 1.807) is 0 Å². The third kappa shape index (κ3) is 3.08. The Bertz CT molecular complexity index is 761. The molecule has 25 heavy (non-hydrogen) atoms. The smallest absolute Gasteiger partial charge is 0.164 e. The van der Waals surface area contributed by atoms with Gasteiger partial charge >= 0.3 is 0 Å². The highest BCUT2D eigenvalue weighted by Crippen LogP contribution is 2.37. The van der Waals surface area contributed by atoms with Crippen molar-refractivity contribution in [2.75, 3.05) is 48.3 Å². The van der Waals surface area contributed by atoms with Crippen LogP contribution in [0.5, 0.6) is 5.75 Å². The molecule has 0 amide bonds. The first kappa shape index (κ1) is 16.0. The lowest BCUT2D eigenvalue weighted by atomic mass is 10.1. The number of hydrogen-bond acceptors (Lipinski definition) is 6. The van der Waals surface area contributed by atoms with Gasteiger partial charge in [-0.25, -0.2) is 0 Å². The van der Waals surface area contributed by atoms with Crippen LogP contribution in [0.25, 0.3) is 0 Å². The zero-order valence-corrected chi connectivity index (χ0v) is 14.9. The van der Waals surface area contributed by atoms with Crippen LogP contribution in [0.2, 0.25) is 0 Å². The Morgan fingerprint density at radius 3 is 2.88 bits per heavy atom. The highest BCUT2D eigenvalue weighted by Gasteiger charge is 2.23. The Morgan fingerprint density at radius 2 is 2.00 bits per heavy atom. The van der Waals surface area contributed by atoms with Gasteiger partial charge in [0.2, 0.25) is 0 Å². The summed E-state index contributed by atoms with van der Waals surface area (Å²) in [5.74, 6) is 1.31. The lowest BCUT2D eigenvalue weighted by Crippen LogP contribution is -2.35. The van der Waals surface area contributed by atoms with Gasteiger partial charge in [-0.1, -0.05) is 13.8 Å². The maximum Gasteiger partial charge on any atom is 0.164 e. The second-order valence-corrected chi connectivity index (χ2v) is 6.82. The molecule has 0 atom stereocenters. The van der Waals surface area contributed by atoms with Gasteiger partial charge in [0, 0.05) is 38.4 Å². The zero-order valence-electron chi connectivity index (χ0n) is 14.9. The van der Waals surface area contributed by atoms with E-state index in [1.165, 1.54) is 0 Å². The van der Waals surface area contributed by atoms with Crippen molar-refractivity contribution in [1.82, 2.24) is 9.97 Å². The van der Waals surface area contributed by atoms with E-state index < -0.39 is 0 Å². The van der Waals surface area contributed by atoms with E-state index >= 15 is 0 Å². The molecule has 2 aromatic rings. The summed E-state index contributed by atoms with van der Waals surface area (Å²) in [4.78, 5) is 11.5. The first-order valence-electron chi connectivity index (χ1n) is 9.06. The van der Waals surface area contributed by atoms with Gasteiger partial charge in [-0.05, 0) is 18.1 Å². The first-order valence-corrected chi connectivity index (χ1v) is 9.06. The van der Waals surface area contributed by atoms with Crippen molar-refractivity contribution in [2.24, 2.45) is 0 Å². The summed E-state index contributed by atoms with van der Waals surface area (Å²) in [6.45, 7) is 8.73. The van der Waals surface area contributed by atoms with Gasteiger partial charge in [-0.2, -0.15) is 0 Å². The van der Waals surface area contributed by atoms with E-state index in [-0.39, 0.29) is 0 Å². The number of anilines is 3. The largest absolute Gasteiger partial charge is 0.488 e. The predicted octanol–water partition coefficient (Wildman–Crippen LogP) is 2.88. The number of rotatable bonds is 4. The summed E-state index contributed by atoms with van der Waals surface area (Å²) in [6, 6.07) is 4.10. The molecule has 4 heterocycles. The average Bonchev–Trinajstić information content (AvgIpc) is 2.65. The minimum absolute atomic E-state index is 0.355. The molecular formula is C19H25N5O. The monoisotopic (exact) mass is 339 g/mol. The molecule has 0 radical (unpaired) electrons. The maximum atomic E-state index is 5.95. The number of ether oxygens (including phenoxy) is 1. The summed E-state index contributed by atoms with van der Waals surface area (Å²) in [7, 11) is 0. The van der Waals surface area contributed by atoms with Crippen molar-refractivity contribution < 1.29 is 4.74 Å². The molecule has 0 unspecified atom stereocenters. The summed E-state index contributed by atoms with van der Waals surface area (Å²) in [6.07, 6.45) is 4.68. The molecule has 132 valence electrons. The molecule has 0 aromatic carbocycles. The van der Waals surface area contributed by atoms with Crippen molar-refractivity contribution >= 4 is 17.1 Å².